The number of aryl methyl sites for hydroxylation is 1. The second kappa shape index (κ2) is 4.18. The number of benzene rings is 1. The van der Waals surface area contributed by atoms with Gasteiger partial charge < -0.3 is 9.62 Å². The molecule has 1 N–H and O–H groups in total. The number of nitrogens with zero attached hydrogens (tertiary/aromatic N) is 1. The normalized spacial score (nSPS) is 11.3. The molecule has 0 saturated carbocycles. The highest BCUT2D eigenvalue weighted by Crippen LogP contribution is 2.13. The van der Waals surface area contributed by atoms with E-state index >= 15 is 0 Å². The molecule has 0 radical (unpaired) electrons. The van der Waals surface area contributed by atoms with Crippen LogP contribution in [0.1, 0.15) is 18.1 Å². The first-order chi connectivity index (χ1) is 7.76. The van der Waals surface area contributed by atoms with E-state index in [1.54, 1.807) is 12.1 Å². The van der Waals surface area contributed by atoms with E-state index in [9.17, 15) is 4.79 Å². The maximum atomic E-state index is 11.9. The summed E-state index contributed by atoms with van der Waals surface area (Å²) >= 11 is 0. The molecular formula is C12H11NO3. The van der Waals surface area contributed by atoms with E-state index < -0.39 is 0 Å². The molecule has 0 fully saturated rings. The van der Waals surface area contributed by atoms with Gasteiger partial charge in [0, 0.05) is 0 Å². The molecule has 82 valence electrons. The van der Waals surface area contributed by atoms with Crippen molar-refractivity contribution in [2.24, 2.45) is 5.16 Å². The van der Waals surface area contributed by atoms with Gasteiger partial charge in [-0.1, -0.05) is 18.1 Å². The molecule has 4 heteroatoms. The van der Waals surface area contributed by atoms with Crippen LogP contribution in [0.5, 0.6) is 0 Å². The Labute approximate surface area is 91.8 Å². The topological polar surface area (TPSA) is 62.8 Å². The summed E-state index contributed by atoms with van der Waals surface area (Å²) in [5.74, 6) is 0. The summed E-state index contributed by atoms with van der Waals surface area (Å²) in [5.41, 5.74) is 1.66. The predicted octanol–water partition coefficient (Wildman–Crippen LogP) is 2.16. The Morgan fingerprint density at radius 3 is 3.00 bits per heavy atom. The Balaban J connectivity index is 2.76. The lowest BCUT2D eigenvalue weighted by atomic mass is 10.1. The fraction of sp³-hybridized carbons (Fsp3) is 0.167. The third-order valence-electron chi connectivity index (χ3n) is 2.47. The minimum atomic E-state index is -0.186. The third kappa shape index (κ3) is 1.69. The zero-order chi connectivity index (χ0) is 11.5. The summed E-state index contributed by atoms with van der Waals surface area (Å²) in [5, 5.41) is 11.7. The minimum Gasteiger partial charge on any atom is -0.463 e. The van der Waals surface area contributed by atoms with Gasteiger partial charge in [0.1, 0.15) is 11.8 Å². The zero-order valence-corrected chi connectivity index (χ0v) is 8.80. The molecule has 1 aromatic carbocycles. The van der Waals surface area contributed by atoms with Crippen molar-refractivity contribution < 1.29 is 9.62 Å². The van der Waals surface area contributed by atoms with Crippen molar-refractivity contribution in [2.75, 3.05) is 0 Å². The van der Waals surface area contributed by atoms with Crippen molar-refractivity contribution in [3.63, 3.8) is 0 Å². The number of fused-ring (bicyclic) bond motifs is 1. The van der Waals surface area contributed by atoms with Gasteiger partial charge in [-0.2, -0.15) is 0 Å². The molecular weight excluding hydrogens is 206 g/mol. The van der Waals surface area contributed by atoms with E-state index in [1.165, 1.54) is 6.26 Å². The second-order valence-corrected chi connectivity index (χ2v) is 3.45. The van der Waals surface area contributed by atoms with Gasteiger partial charge in [0.25, 0.3) is 0 Å². The van der Waals surface area contributed by atoms with Crippen LogP contribution in [0, 0.1) is 0 Å². The number of hydrogen-bond donors (Lipinski definition) is 1. The highest BCUT2D eigenvalue weighted by Gasteiger charge is 2.05. The Kier molecular flexibility index (Phi) is 2.72. The van der Waals surface area contributed by atoms with E-state index in [-0.39, 0.29) is 11.0 Å². The lowest BCUT2D eigenvalue weighted by Crippen LogP contribution is -2.08. The SMILES string of the molecule is CCc1ccc2occ(C=NO)c(=O)c2c1. The Morgan fingerprint density at radius 2 is 2.31 bits per heavy atom. The molecule has 1 heterocycles. The third-order valence-corrected chi connectivity index (χ3v) is 2.47. The van der Waals surface area contributed by atoms with Crippen LogP contribution in [0.4, 0.5) is 0 Å². The average Bonchev–Trinajstić information content (AvgIpc) is 2.33. The molecule has 0 aliphatic rings. The van der Waals surface area contributed by atoms with E-state index in [1.807, 2.05) is 13.0 Å². The molecule has 0 unspecified atom stereocenters. The first-order valence-corrected chi connectivity index (χ1v) is 4.98. The standard InChI is InChI=1S/C12H11NO3/c1-2-8-3-4-11-10(5-8)12(14)9(6-13-15)7-16-11/h3-7,15H,2H2,1H3. The summed E-state index contributed by atoms with van der Waals surface area (Å²) in [6.45, 7) is 2.02. The molecule has 1 aromatic heterocycles. The number of hydrogen-bond acceptors (Lipinski definition) is 4. The Hall–Kier alpha value is -2.10. The summed E-state index contributed by atoms with van der Waals surface area (Å²) in [6, 6.07) is 5.50. The molecule has 0 atom stereocenters. The van der Waals surface area contributed by atoms with Crippen LogP contribution in [0.3, 0.4) is 0 Å². The van der Waals surface area contributed by atoms with Crippen molar-refractivity contribution in [1.82, 2.24) is 0 Å². The second-order valence-electron chi connectivity index (χ2n) is 3.45. The molecule has 0 aliphatic carbocycles. The van der Waals surface area contributed by atoms with Crippen LogP contribution in [0.15, 0.2) is 38.8 Å². The maximum absolute atomic E-state index is 11.9. The molecule has 0 amide bonds. The van der Waals surface area contributed by atoms with Crippen molar-refractivity contribution >= 4 is 17.2 Å². The predicted molar refractivity (Wildman–Crippen MR) is 61.2 cm³/mol. The highest BCUT2D eigenvalue weighted by atomic mass is 16.4. The van der Waals surface area contributed by atoms with Crippen molar-refractivity contribution in [2.45, 2.75) is 13.3 Å². The summed E-state index contributed by atoms with van der Waals surface area (Å²) < 4.78 is 5.27. The van der Waals surface area contributed by atoms with Crippen molar-refractivity contribution in [3.05, 3.63) is 45.8 Å². The maximum Gasteiger partial charge on any atom is 0.201 e. The van der Waals surface area contributed by atoms with E-state index in [4.69, 9.17) is 9.62 Å². The van der Waals surface area contributed by atoms with Crippen LogP contribution < -0.4 is 5.43 Å². The lowest BCUT2D eigenvalue weighted by Gasteiger charge is -2.00. The van der Waals surface area contributed by atoms with Gasteiger partial charge in [-0.05, 0) is 24.1 Å². The number of rotatable bonds is 2. The van der Waals surface area contributed by atoms with Gasteiger partial charge in [0.05, 0.1) is 17.2 Å². The average molecular weight is 217 g/mol. The molecule has 0 spiro atoms. The largest absolute Gasteiger partial charge is 0.463 e. The highest BCUT2D eigenvalue weighted by molar-refractivity contribution is 5.86. The molecule has 2 rings (SSSR count). The van der Waals surface area contributed by atoms with Gasteiger partial charge in [-0.25, -0.2) is 0 Å². The minimum absolute atomic E-state index is 0.186. The Morgan fingerprint density at radius 1 is 1.50 bits per heavy atom. The van der Waals surface area contributed by atoms with Crippen molar-refractivity contribution in [3.8, 4) is 0 Å². The van der Waals surface area contributed by atoms with Crippen LogP contribution >= 0.6 is 0 Å². The van der Waals surface area contributed by atoms with Gasteiger partial charge in [-0.3, -0.25) is 4.79 Å². The van der Waals surface area contributed by atoms with E-state index in [0.29, 0.717) is 11.0 Å². The first-order valence-electron chi connectivity index (χ1n) is 4.98. The fourth-order valence-electron chi connectivity index (χ4n) is 1.56. The molecule has 0 bridgehead atoms. The van der Waals surface area contributed by atoms with Gasteiger partial charge in [-0.15, -0.1) is 0 Å². The zero-order valence-electron chi connectivity index (χ0n) is 8.80. The molecule has 4 nitrogen and oxygen atoms in total. The van der Waals surface area contributed by atoms with Crippen LogP contribution in [-0.4, -0.2) is 11.4 Å². The Bertz CT molecular complexity index is 599. The van der Waals surface area contributed by atoms with Crippen LogP contribution in [0.2, 0.25) is 0 Å². The van der Waals surface area contributed by atoms with E-state index in [0.717, 1.165) is 18.2 Å². The summed E-state index contributed by atoms with van der Waals surface area (Å²) in [6.07, 6.45) is 3.22. The molecule has 16 heavy (non-hydrogen) atoms. The van der Waals surface area contributed by atoms with Gasteiger partial charge >= 0.3 is 0 Å². The van der Waals surface area contributed by atoms with Gasteiger partial charge in [0.2, 0.25) is 5.43 Å². The fourth-order valence-corrected chi connectivity index (χ4v) is 1.56. The quantitative estimate of drug-likeness (QED) is 0.476. The first kappa shape index (κ1) is 10.4. The molecule has 2 aromatic rings. The smallest absolute Gasteiger partial charge is 0.201 e. The van der Waals surface area contributed by atoms with Crippen LogP contribution in [-0.2, 0) is 6.42 Å². The van der Waals surface area contributed by atoms with Crippen molar-refractivity contribution in [1.29, 1.82) is 0 Å². The monoisotopic (exact) mass is 217 g/mol. The summed E-state index contributed by atoms with van der Waals surface area (Å²) in [7, 11) is 0. The van der Waals surface area contributed by atoms with Crippen LogP contribution in [0.25, 0.3) is 11.0 Å². The molecule has 0 saturated heterocycles. The van der Waals surface area contributed by atoms with Gasteiger partial charge in [0.15, 0.2) is 0 Å². The molecule has 0 aliphatic heterocycles. The summed E-state index contributed by atoms with van der Waals surface area (Å²) in [4.78, 5) is 11.9. The lowest BCUT2D eigenvalue weighted by molar-refractivity contribution is 0.321. The number of oxime groups is 1. The van der Waals surface area contributed by atoms with E-state index in [2.05, 4.69) is 5.16 Å².